The molecule has 0 atom stereocenters. The van der Waals surface area contributed by atoms with Gasteiger partial charge in [0.25, 0.3) is 0 Å². The Morgan fingerprint density at radius 3 is 2.80 bits per heavy atom. The molecule has 0 saturated heterocycles. The Kier molecular flexibility index (Phi) is 5.55. The number of rotatable bonds is 8. The lowest BCUT2D eigenvalue weighted by atomic mass is 10.2. The first kappa shape index (κ1) is 14.5. The van der Waals surface area contributed by atoms with Gasteiger partial charge in [0.2, 0.25) is 0 Å². The van der Waals surface area contributed by atoms with Gasteiger partial charge in [-0.15, -0.1) is 0 Å². The maximum atomic E-state index is 5.80. The fourth-order valence-electron chi connectivity index (χ4n) is 1.84. The minimum absolute atomic E-state index is 0.638. The Hall–Kier alpha value is -1.88. The van der Waals surface area contributed by atoms with Crippen molar-refractivity contribution in [3.63, 3.8) is 0 Å². The quantitative estimate of drug-likeness (QED) is 0.751. The third kappa shape index (κ3) is 4.06. The van der Waals surface area contributed by atoms with Crippen LogP contribution in [0.15, 0.2) is 28.9 Å². The minimum atomic E-state index is 0.638. The molecule has 1 heterocycles. The molecule has 2 rings (SSSR count). The van der Waals surface area contributed by atoms with E-state index in [0.717, 1.165) is 48.7 Å². The van der Waals surface area contributed by atoms with Crippen molar-refractivity contribution < 1.29 is 9.37 Å². The summed E-state index contributed by atoms with van der Waals surface area (Å²) in [5, 5.41) is 10.9. The van der Waals surface area contributed by atoms with E-state index < -0.39 is 0 Å². The Labute approximate surface area is 119 Å². The first-order valence-electron chi connectivity index (χ1n) is 7.00. The normalized spacial score (nSPS) is 10.7. The van der Waals surface area contributed by atoms with E-state index in [1.54, 1.807) is 0 Å². The molecule has 20 heavy (non-hydrogen) atoms. The highest BCUT2D eigenvalue weighted by molar-refractivity contribution is 5.33. The van der Waals surface area contributed by atoms with E-state index in [4.69, 9.17) is 4.74 Å². The monoisotopic (exact) mass is 275 g/mol. The number of para-hydroxylation sites is 1. The number of ether oxygens (including phenoxy) is 1. The first-order valence-corrected chi connectivity index (χ1v) is 7.00. The summed E-state index contributed by atoms with van der Waals surface area (Å²) in [6.45, 7) is 6.17. The third-order valence-electron chi connectivity index (χ3n) is 3.08. The number of aromatic nitrogens is 2. The first-order chi connectivity index (χ1) is 9.81. The zero-order chi connectivity index (χ0) is 14.2. The second-order valence-corrected chi connectivity index (χ2v) is 4.71. The van der Waals surface area contributed by atoms with Crippen molar-refractivity contribution >= 4 is 0 Å². The molecule has 0 radical (unpaired) electrons. The predicted octanol–water partition coefficient (Wildman–Crippen LogP) is 2.85. The second-order valence-electron chi connectivity index (χ2n) is 4.71. The lowest BCUT2D eigenvalue weighted by Gasteiger charge is -2.11. The summed E-state index contributed by atoms with van der Waals surface area (Å²) in [5.74, 6) is 0.948. The smallest absolute Gasteiger partial charge is 0.123 e. The summed E-state index contributed by atoms with van der Waals surface area (Å²) in [4.78, 5) is 0. The van der Waals surface area contributed by atoms with E-state index in [0.29, 0.717) is 6.54 Å². The molecular formula is C15H21N3O2. The number of hydrogen-bond donors (Lipinski definition) is 1. The van der Waals surface area contributed by atoms with Gasteiger partial charge in [0.1, 0.15) is 17.1 Å². The second kappa shape index (κ2) is 7.65. The summed E-state index contributed by atoms with van der Waals surface area (Å²) in [7, 11) is 0. The largest absolute Gasteiger partial charge is 0.493 e. The van der Waals surface area contributed by atoms with Gasteiger partial charge in [0.15, 0.2) is 0 Å². The van der Waals surface area contributed by atoms with Crippen molar-refractivity contribution in [3.8, 4) is 5.75 Å². The third-order valence-corrected chi connectivity index (χ3v) is 3.08. The van der Waals surface area contributed by atoms with Crippen LogP contribution in [0.25, 0.3) is 0 Å². The molecule has 0 aliphatic heterocycles. The van der Waals surface area contributed by atoms with Gasteiger partial charge in [-0.25, -0.2) is 4.63 Å². The molecule has 1 N–H and O–H groups in total. The summed E-state index contributed by atoms with van der Waals surface area (Å²) in [6.07, 6.45) is 2.21. The summed E-state index contributed by atoms with van der Waals surface area (Å²) < 4.78 is 10.5. The van der Waals surface area contributed by atoms with Crippen molar-refractivity contribution in [2.75, 3.05) is 6.61 Å². The maximum absolute atomic E-state index is 5.80. The van der Waals surface area contributed by atoms with Crippen molar-refractivity contribution in [1.82, 2.24) is 15.6 Å². The Morgan fingerprint density at radius 1 is 1.20 bits per heavy atom. The standard InChI is InChI=1S/C15H21N3O2/c1-3-4-9-19-15-8-6-5-7-13(15)10-16-11-14-12(2)17-20-18-14/h5-8,16H,3-4,9-11H2,1-2H3. The summed E-state index contributed by atoms with van der Waals surface area (Å²) >= 11 is 0. The lowest BCUT2D eigenvalue weighted by molar-refractivity contribution is 0.299. The van der Waals surface area contributed by atoms with E-state index in [-0.39, 0.29) is 0 Å². The van der Waals surface area contributed by atoms with Crippen LogP contribution < -0.4 is 10.1 Å². The van der Waals surface area contributed by atoms with Crippen molar-refractivity contribution in [1.29, 1.82) is 0 Å². The van der Waals surface area contributed by atoms with E-state index in [9.17, 15) is 0 Å². The molecule has 0 spiro atoms. The minimum Gasteiger partial charge on any atom is -0.493 e. The van der Waals surface area contributed by atoms with Gasteiger partial charge in [-0.2, -0.15) is 0 Å². The van der Waals surface area contributed by atoms with E-state index in [2.05, 4.69) is 33.2 Å². The van der Waals surface area contributed by atoms with Crippen molar-refractivity contribution in [2.45, 2.75) is 39.8 Å². The summed E-state index contributed by atoms with van der Waals surface area (Å²) in [5.41, 5.74) is 2.82. The van der Waals surface area contributed by atoms with Crippen LogP contribution in [0, 0.1) is 6.92 Å². The predicted molar refractivity (Wildman–Crippen MR) is 76.4 cm³/mol. The van der Waals surface area contributed by atoms with Gasteiger partial charge >= 0.3 is 0 Å². The maximum Gasteiger partial charge on any atom is 0.123 e. The Morgan fingerprint density at radius 2 is 2.05 bits per heavy atom. The van der Waals surface area contributed by atoms with Crippen LogP contribution in [0.5, 0.6) is 5.75 Å². The molecule has 1 aromatic heterocycles. The molecule has 2 aromatic rings. The lowest BCUT2D eigenvalue weighted by Crippen LogP contribution is -2.14. The summed E-state index contributed by atoms with van der Waals surface area (Å²) in [6, 6.07) is 8.10. The van der Waals surface area contributed by atoms with Gasteiger partial charge in [-0.3, -0.25) is 0 Å². The average molecular weight is 275 g/mol. The number of aryl methyl sites for hydroxylation is 1. The number of nitrogens with zero attached hydrogens (tertiary/aromatic N) is 2. The van der Waals surface area contributed by atoms with E-state index >= 15 is 0 Å². The number of unbranched alkanes of at least 4 members (excludes halogenated alkanes) is 1. The van der Waals surface area contributed by atoms with Gasteiger partial charge in [0.05, 0.1) is 6.61 Å². The van der Waals surface area contributed by atoms with Crippen LogP contribution in [0.1, 0.15) is 36.7 Å². The fourth-order valence-corrected chi connectivity index (χ4v) is 1.84. The fraction of sp³-hybridized carbons (Fsp3) is 0.467. The molecule has 0 unspecified atom stereocenters. The molecule has 0 aliphatic rings. The Balaban J connectivity index is 1.87. The van der Waals surface area contributed by atoms with Gasteiger partial charge in [-0.05, 0) is 19.4 Å². The van der Waals surface area contributed by atoms with Gasteiger partial charge in [0, 0.05) is 18.7 Å². The molecule has 0 bridgehead atoms. The van der Waals surface area contributed by atoms with Gasteiger partial charge < -0.3 is 10.1 Å². The molecular weight excluding hydrogens is 254 g/mol. The van der Waals surface area contributed by atoms with Crippen molar-refractivity contribution in [2.24, 2.45) is 0 Å². The molecule has 108 valence electrons. The van der Waals surface area contributed by atoms with Crippen LogP contribution >= 0.6 is 0 Å². The molecule has 5 nitrogen and oxygen atoms in total. The van der Waals surface area contributed by atoms with Crippen LogP contribution in [0.3, 0.4) is 0 Å². The van der Waals surface area contributed by atoms with Crippen LogP contribution in [-0.2, 0) is 13.1 Å². The van der Waals surface area contributed by atoms with Gasteiger partial charge in [-0.1, -0.05) is 41.9 Å². The Bertz CT molecular complexity index is 525. The molecule has 0 fully saturated rings. The number of nitrogens with one attached hydrogen (secondary N) is 1. The van der Waals surface area contributed by atoms with E-state index in [1.807, 2.05) is 25.1 Å². The highest BCUT2D eigenvalue weighted by atomic mass is 16.6. The zero-order valence-electron chi connectivity index (χ0n) is 12.1. The van der Waals surface area contributed by atoms with Crippen LogP contribution in [-0.4, -0.2) is 16.9 Å². The molecule has 0 saturated carbocycles. The topological polar surface area (TPSA) is 60.2 Å². The van der Waals surface area contributed by atoms with Crippen LogP contribution in [0.2, 0.25) is 0 Å². The average Bonchev–Trinajstić information content (AvgIpc) is 2.86. The highest BCUT2D eigenvalue weighted by Gasteiger charge is 2.06. The number of benzene rings is 1. The van der Waals surface area contributed by atoms with Crippen LogP contribution in [0.4, 0.5) is 0 Å². The number of hydrogen-bond acceptors (Lipinski definition) is 5. The zero-order valence-corrected chi connectivity index (χ0v) is 12.1. The van der Waals surface area contributed by atoms with E-state index in [1.165, 1.54) is 0 Å². The SMILES string of the molecule is CCCCOc1ccccc1CNCc1nonc1C. The molecule has 0 aliphatic carbocycles. The molecule has 0 amide bonds. The molecule has 5 heteroatoms. The van der Waals surface area contributed by atoms with Crippen molar-refractivity contribution in [3.05, 3.63) is 41.2 Å². The molecule has 1 aromatic carbocycles. The highest BCUT2D eigenvalue weighted by Crippen LogP contribution is 2.18.